The highest BCUT2D eigenvalue weighted by molar-refractivity contribution is 5.98. The van der Waals surface area contributed by atoms with E-state index in [-0.39, 0.29) is 51.0 Å². The van der Waals surface area contributed by atoms with Crippen LogP contribution in [0.3, 0.4) is 0 Å². The molecule has 55 heavy (non-hydrogen) atoms. The molecule has 0 aliphatic heterocycles. The van der Waals surface area contributed by atoms with Crippen LogP contribution in [0.15, 0.2) is 24.3 Å². The maximum absolute atomic E-state index is 13.4. The molecule has 312 valence electrons. The smallest absolute Gasteiger partial charge is 0.410 e. The van der Waals surface area contributed by atoms with E-state index < -0.39 is 53.9 Å². The number of carbonyl (C=O) groups is 6. The van der Waals surface area contributed by atoms with Crippen molar-refractivity contribution < 1.29 is 52.5 Å². The lowest BCUT2D eigenvalue weighted by Crippen LogP contribution is -2.54. The van der Waals surface area contributed by atoms with Crippen LogP contribution in [-0.4, -0.2) is 132 Å². The summed E-state index contributed by atoms with van der Waals surface area (Å²) in [7, 11) is 1.44. The summed E-state index contributed by atoms with van der Waals surface area (Å²) in [6.07, 6.45) is -0.261. The van der Waals surface area contributed by atoms with Crippen LogP contribution in [0, 0.1) is 11.8 Å². The Bertz CT molecular complexity index is 1320. The third kappa shape index (κ3) is 21.2. The lowest BCUT2D eigenvalue weighted by Gasteiger charge is -2.27. The van der Waals surface area contributed by atoms with E-state index in [0.29, 0.717) is 63.9 Å². The topological polar surface area (TPSA) is 278 Å². The number of nitrogens with two attached hydrogens (primary N) is 3. The lowest BCUT2D eigenvalue weighted by atomic mass is 10.0. The molecule has 1 rings (SSSR count). The van der Waals surface area contributed by atoms with Gasteiger partial charge in [0.25, 0.3) is 0 Å². The van der Waals surface area contributed by atoms with E-state index in [9.17, 15) is 28.8 Å². The molecule has 0 spiro atoms. The lowest BCUT2D eigenvalue weighted by molar-refractivity contribution is -0.132. The number of hydrogen-bond acceptors (Lipinski definition) is 12. The first-order chi connectivity index (χ1) is 26.2. The molecule has 19 nitrogen and oxygen atoms in total. The number of primary amides is 2. The van der Waals surface area contributed by atoms with Crippen LogP contribution in [0.4, 0.5) is 15.3 Å². The highest BCUT2D eigenvalue weighted by Gasteiger charge is 2.30. The van der Waals surface area contributed by atoms with Gasteiger partial charge in [-0.2, -0.15) is 0 Å². The zero-order valence-electron chi connectivity index (χ0n) is 32.8. The molecule has 0 heterocycles. The first-order valence-electron chi connectivity index (χ1n) is 18.4. The second-order valence-corrected chi connectivity index (χ2v) is 13.2. The van der Waals surface area contributed by atoms with Crippen LogP contribution in [0.1, 0.15) is 52.5 Å². The van der Waals surface area contributed by atoms with Gasteiger partial charge < -0.3 is 62.2 Å². The van der Waals surface area contributed by atoms with Crippen molar-refractivity contribution in [2.75, 3.05) is 78.3 Å². The monoisotopic (exact) mass is 782 g/mol. The fourth-order valence-corrected chi connectivity index (χ4v) is 5.08. The number of benzene rings is 1. The van der Waals surface area contributed by atoms with Crippen molar-refractivity contribution in [3.8, 4) is 0 Å². The Balaban J connectivity index is 2.69. The Morgan fingerprint density at radius 1 is 0.745 bits per heavy atom. The average Bonchev–Trinajstić information content (AvgIpc) is 3.12. The molecular weight excluding hydrogens is 720 g/mol. The summed E-state index contributed by atoms with van der Waals surface area (Å²) in [4.78, 5) is 76.1. The largest absolute Gasteiger partial charge is 0.445 e. The first kappa shape index (κ1) is 48.5. The number of amides is 7. The van der Waals surface area contributed by atoms with Crippen molar-refractivity contribution in [2.24, 2.45) is 29.0 Å². The Morgan fingerprint density at radius 3 is 1.82 bits per heavy atom. The van der Waals surface area contributed by atoms with Crippen LogP contribution < -0.4 is 38.5 Å². The molecule has 0 saturated carbocycles. The molecule has 0 aromatic heterocycles. The van der Waals surface area contributed by atoms with Crippen LogP contribution in [0.2, 0.25) is 0 Å². The van der Waals surface area contributed by atoms with Crippen LogP contribution in [0.5, 0.6) is 0 Å². The number of carbonyl (C=O) groups excluding carboxylic acids is 6. The molecule has 1 aromatic rings. The highest BCUT2D eigenvalue weighted by Crippen LogP contribution is 2.15. The molecule has 7 amide bonds. The van der Waals surface area contributed by atoms with E-state index in [1.165, 1.54) is 7.05 Å². The fraction of sp³-hybridized carbons (Fsp3) is 0.667. The van der Waals surface area contributed by atoms with Gasteiger partial charge in [0.05, 0.1) is 52.9 Å². The fourth-order valence-electron chi connectivity index (χ4n) is 5.08. The summed E-state index contributed by atoms with van der Waals surface area (Å²) in [6, 6.07) is 2.94. The number of nitrogens with one attached hydrogen (secondary N) is 4. The number of rotatable bonds is 29. The average molecular weight is 783 g/mol. The quantitative estimate of drug-likeness (QED) is 0.0537. The number of hydrogen-bond donors (Lipinski definition) is 7. The SMILES string of the molecule is CC(C)C(NC(=O)CCOCCOCCOCCOCCN)C(=O)NC(CCCNC(N)=O)C(=O)Nc1ccc(COC(=O)N(C)C(C(N)=O)C(C)C)cc1. The summed E-state index contributed by atoms with van der Waals surface area (Å²) >= 11 is 0. The number of ether oxygens (including phenoxy) is 5. The predicted octanol–water partition coefficient (Wildman–Crippen LogP) is 0.193. The highest BCUT2D eigenvalue weighted by atomic mass is 16.6. The second kappa shape index (κ2) is 27.9. The Labute approximate surface area is 323 Å². The minimum Gasteiger partial charge on any atom is -0.445 e. The van der Waals surface area contributed by atoms with Crippen molar-refractivity contribution in [1.29, 1.82) is 0 Å². The number of nitrogens with zero attached hydrogens (tertiary/aromatic N) is 1. The molecule has 10 N–H and O–H groups in total. The Kier molecular flexibility index (Phi) is 24.6. The third-order valence-corrected chi connectivity index (χ3v) is 7.93. The van der Waals surface area contributed by atoms with Gasteiger partial charge in [-0.3, -0.25) is 24.1 Å². The summed E-state index contributed by atoms with van der Waals surface area (Å²) in [6.45, 7) is 10.5. The van der Waals surface area contributed by atoms with E-state index in [1.807, 2.05) is 0 Å². The molecule has 0 fully saturated rings. The van der Waals surface area contributed by atoms with E-state index in [2.05, 4.69) is 21.3 Å². The summed E-state index contributed by atoms with van der Waals surface area (Å²) in [5, 5.41) is 10.7. The first-order valence-corrected chi connectivity index (χ1v) is 18.4. The molecule has 19 heteroatoms. The number of likely N-dealkylation sites (N-methyl/N-ethyl adjacent to an activating group) is 1. The standard InChI is InChI=1S/C36H62N8O11/c1-24(2)30(43-29(45)12-15-51-17-19-53-21-22-54-20-18-52-16-13-37)34(48)42-28(7-6-14-40-35(39)49)33(47)41-27-10-8-26(9-11-27)23-55-36(50)44(5)31(25(3)4)32(38)46/h8-11,24-25,28,30-31H,6-7,12-23,37H2,1-5H3,(H2,38,46)(H,41,47)(H,42,48)(H,43,45)(H3,39,40,49). The van der Waals surface area contributed by atoms with Gasteiger partial charge in [-0.1, -0.05) is 39.8 Å². The molecule has 0 bridgehead atoms. The van der Waals surface area contributed by atoms with E-state index in [0.717, 1.165) is 4.90 Å². The second-order valence-electron chi connectivity index (χ2n) is 13.2. The van der Waals surface area contributed by atoms with Gasteiger partial charge in [-0.25, -0.2) is 9.59 Å². The predicted molar refractivity (Wildman–Crippen MR) is 203 cm³/mol. The third-order valence-electron chi connectivity index (χ3n) is 7.93. The van der Waals surface area contributed by atoms with Gasteiger partial charge in [0.15, 0.2) is 0 Å². The van der Waals surface area contributed by atoms with Gasteiger partial charge in [0.2, 0.25) is 23.6 Å². The summed E-state index contributed by atoms with van der Waals surface area (Å²) in [5.74, 6) is -2.67. The van der Waals surface area contributed by atoms with Crippen LogP contribution in [-0.2, 0) is 49.5 Å². The van der Waals surface area contributed by atoms with E-state index in [4.69, 9.17) is 40.9 Å². The van der Waals surface area contributed by atoms with Crippen molar-refractivity contribution in [1.82, 2.24) is 20.9 Å². The van der Waals surface area contributed by atoms with Crippen molar-refractivity contribution in [3.05, 3.63) is 29.8 Å². The zero-order chi connectivity index (χ0) is 41.2. The number of anilines is 1. The minimum atomic E-state index is -1.03. The molecule has 0 aliphatic carbocycles. The van der Waals surface area contributed by atoms with Crippen LogP contribution >= 0.6 is 0 Å². The summed E-state index contributed by atoms with van der Waals surface area (Å²) in [5.41, 5.74) is 16.9. The molecule has 3 atom stereocenters. The van der Waals surface area contributed by atoms with Gasteiger partial charge >= 0.3 is 12.1 Å². The summed E-state index contributed by atoms with van der Waals surface area (Å²) < 4.78 is 26.8. The van der Waals surface area contributed by atoms with Gasteiger partial charge in [0.1, 0.15) is 24.7 Å². The van der Waals surface area contributed by atoms with Gasteiger partial charge in [0, 0.05) is 32.2 Å². The molecule has 3 unspecified atom stereocenters. The zero-order valence-corrected chi connectivity index (χ0v) is 32.8. The van der Waals surface area contributed by atoms with Crippen molar-refractivity contribution >= 4 is 41.4 Å². The molecule has 1 aromatic carbocycles. The molecule has 0 aliphatic rings. The number of urea groups is 1. The van der Waals surface area contributed by atoms with Gasteiger partial charge in [-0.05, 0) is 42.4 Å². The normalized spacial score (nSPS) is 12.7. The Hall–Kier alpha value is -4.56. The van der Waals surface area contributed by atoms with Gasteiger partial charge in [-0.15, -0.1) is 0 Å². The molecule has 0 saturated heterocycles. The molecular formula is C36H62N8O11. The minimum absolute atomic E-state index is 0.00282. The van der Waals surface area contributed by atoms with Crippen LogP contribution in [0.25, 0.3) is 0 Å². The van der Waals surface area contributed by atoms with E-state index in [1.54, 1.807) is 52.0 Å². The van der Waals surface area contributed by atoms with Crippen molar-refractivity contribution in [2.45, 2.75) is 71.7 Å². The van der Waals surface area contributed by atoms with Crippen molar-refractivity contribution in [3.63, 3.8) is 0 Å². The maximum atomic E-state index is 13.4. The van der Waals surface area contributed by atoms with E-state index >= 15 is 0 Å². The Morgan fingerprint density at radius 2 is 1.31 bits per heavy atom. The maximum Gasteiger partial charge on any atom is 0.410 e. The molecule has 0 radical (unpaired) electrons.